The van der Waals surface area contributed by atoms with Crippen LogP contribution in [0.5, 0.6) is 0 Å². The Morgan fingerprint density at radius 1 is 1.19 bits per heavy atom. The second-order valence-electron chi connectivity index (χ2n) is 7.12. The van der Waals surface area contributed by atoms with E-state index in [4.69, 9.17) is 5.73 Å². The third kappa shape index (κ3) is 3.02. The Labute approximate surface area is 129 Å². The van der Waals surface area contributed by atoms with Crippen LogP contribution in [0.2, 0.25) is 0 Å². The Kier molecular flexibility index (Phi) is 4.37. The van der Waals surface area contributed by atoms with Crippen molar-refractivity contribution in [2.24, 2.45) is 11.1 Å². The zero-order valence-corrected chi connectivity index (χ0v) is 13.6. The standard InChI is InChI=1S/C19H30N2/c1-3-19(4-2)11-12-21(14-19)18(13-20)17-9-7-16(8-10-17)15-5-6-15/h7-10,15,18H,3-6,11-14,20H2,1-2H3. The van der Waals surface area contributed by atoms with E-state index in [0.717, 1.165) is 12.5 Å². The van der Waals surface area contributed by atoms with Gasteiger partial charge in [0.25, 0.3) is 0 Å². The van der Waals surface area contributed by atoms with Crippen molar-refractivity contribution < 1.29 is 0 Å². The van der Waals surface area contributed by atoms with E-state index in [1.54, 1.807) is 0 Å². The van der Waals surface area contributed by atoms with E-state index in [9.17, 15) is 0 Å². The average molecular weight is 286 g/mol. The molecule has 0 amide bonds. The molecule has 1 unspecified atom stereocenters. The minimum absolute atomic E-state index is 0.401. The van der Waals surface area contributed by atoms with Crippen LogP contribution in [0.3, 0.4) is 0 Å². The molecule has 1 aromatic carbocycles. The van der Waals surface area contributed by atoms with Gasteiger partial charge in [-0.15, -0.1) is 0 Å². The molecule has 1 saturated heterocycles. The van der Waals surface area contributed by atoms with E-state index >= 15 is 0 Å². The van der Waals surface area contributed by atoms with Crippen LogP contribution in [0.1, 0.15) is 69.0 Å². The van der Waals surface area contributed by atoms with Crippen LogP contribution in [0.15, 0.2) is 24.3 Å². The summed E-state index contributed by atoms with van der Waals surface area (Å²) >= 11 is 0. The molecule has 0 aromatic heterocycles. The SMILES string of the molecule is CCC1(CC)CCN(C(CN)c2ccc(C3CC3)cc2)C1. The van der Waals surface area contributed by atoms with Crippen molar-refractivity contribution in [2.75, 3.05) is 19.6 Å². The number of hydrogen-bond donors (Lipinski definition) is 1. The molecule has 0 bridgehead atoms. The summed E-state index contributed by atoms with van der Waals surface area (Å²) in [6, 6.07) is 9.71. The summed E-state index contributed by atoms with van der Waals surface area (Å²) < 4.78 is 0. The highest BCUT2D eigenvalue weighted by Crippen LogP contribution is 2.42. The zero-order valence-electron chi connectivity index (χ0n) is 13.6. The zero-order chi connectivity index (χ0) is 14.9. The van der Waals surface area contributed by atoms with Gasteiger partial charge in [-0.1, -0.05) is 38.1 Å². The second-order valence-corrected chi connectivity index (χ2v) is 7.12. The van der Waals surface area contributed by atoms with Gasteiger partial charge in [-0.2, -0.15) is 0 Å². The van der Waals surface area contributed by atoms with E-state index in [-0.39, 0.29) is 0 Å². The maximum atomic E-state index is 6.12. The van der Waals surface area contributed by atoms with Crippen molar-refractivity contribution in [3.63, 3.8) is 0 Å². The highest BCUT2D eigenvalue weighted by Gasteiger charge is 2.37. The average Bonchev–Trinajstić information content (AvgIpc) is 3.30. The minimum atomic E-state index is 0.401. The first-order valence-corrected chi connectivity index (χ1v) is 8.75. The first-order chi connectivity index (χ1) is 10.2. The number of hydrogen-bond acceptors (Lipinski definition) is 2. The molecule has 1 aromatic rings. The van der Waals surface area contributed by atoms with Crippen molar-refractivity contribution in [3.8, 4) is 0 Å². The molecular formula is C19H30N2. The van der Waals surface area contributed by atoms with Gasteiger partial charge >= 0.3 is 0 Å². The van der Waals surface area contributed by atoms with Gasteiger partial charge < -0.3 is 5.73 Å². The lowest BCUT2D eigenvalue weighted by Crippen LogP contribution is -2.34. The lowest BCUT2D eigenvalue weighted by Gasteiger charge is -2.31. The van der Waals surface area contributed by atoms with Crippen molar-refractivity contribution in [1.82, 2.24) is 4.90 Å². The van der Waals surface area contributed by atoms with Crippen LogP contribution in [0.4, 0.5) is 0 Å². The van der Waals surface area contributed by atoms with Crippen molar-refractivity contribution in [2.45, 2.75) is 57.9 Å². The molecule has 1 saturated carbocycles. The third-order valence-corrected chi connectivity index (χ3v) is 6.00. The van der Waals surface area contributed by atoms with Crippen LogP contribution in [-0.4, -0.2) is 24.5 Å². The van der Waals surface area contributed by atoms with Crippen LogP contribution in [0.25, 0.3) is 0 Å². The quantitative estimate of drug-likeness (QED) is 0.854. The summed E-state index contributed by atoms with van der Waals surface area (Å²) in [6.07, 6.45) is 6.66. The number of likely N-dealkylation sites (tertiary alicyclic amines) is 1. The molecular weight excluding hydrogens is 256 g/mol. The molecule has 2 aliphatic rings. The van der Waals surface area contributed by atoms with Crippen molar-refractivity contribution >= 4 is 0 Å². The van der Waals surface area contributed by atoms with E-state index in [1.165, 1.54) is 56.3 Å². The predicted octanol–water partition coefficient (Wildman–Crippen LogP) is 4.08. The number of nitrogens with two attached hydrogens (primary N) is 1. The molecule has 1 aliphatic carbocycles. The number of nitrogens with zero attached hydrogens (tertiary/aromatic N) is 1. The Morgan fingerprint density at radius 3 is 2.33 bits per heavy atom. The fraction of sp³-hybridized carbons (Fsp3) is 0.684. The van der Waals surface area contributed by atoms with Gasteiger partial charge in [-0.25, -0.2) is 0 Å². The molecule has 2 fully saturated rings. The maximum Gasteiger partial charge on any atom is 0.0470 e. The van der Waals surface area contributed by atoms with Crippen LogP contribution in [-0.2, 0) is 0 Å². The van der Waals surface area contributed by atoms with Gasteiger partial charge in [0.15, 0.2) is 0 Å². The second kappa shape index (κ2) is 6.10. The smallest absolute Gasteiger partial charge is 0.0470 e. The van der Waals surface area contributed by atoms with E-state index in [2.05, 4.69) is 43.0 Å². The minimum Gasteiger partial charge on any atom is -0.329 e. The molecule has 2 heteroatoms. The predicted molar refractivity (Wildman–Crippen MR) is 89.4 cm³/mol. The monoisotopic (exact) mass is 286 g/mol. The van der Waals surface area contributed by atoms with E-state index in [1.807, 2.05) is 0 Å². The topological polar surface area (TPSA) is 29.3 Å². The van der Waals surface area contributed by atoms with Gasteiger partial charge in [0.2, 0.25) is 0 Å². The van der Waals surface area contributed by atoms with E-state index in [0.29, 0.717) is 11.5 Å². The first-order valence-electron chi connectivity index (χ1n) is 8.75. The van der Waals surface area contributed by atoms with Crippen LogP contribution >= 0.6 is 0 Å². The third-order valence-electron chi connectivity index (χ3n) is 6.00. The van der Waals surface area contributed by atoms with Crippen molar-refractivity contribution in [3.05, 3.63) is 35.4 Å². The maximum absolute atomic E-state index is 6.12. The van der Waals surface area contributed by atoms with Gasteiger partial charge in [0.05, 0.1) is 0 Å². The van der Waals surface area contributed by atoms with Gasteiger partial charge in [0, 0.05) is 19.1 Å². The molecule has 3 rings (SSSR count). The number of benzene rings is 1. The van der Waals surface area contributed by atoms with Gasteiger partial charge in [-0.05, 0) is 61.1 Å². The Morgan fingerprint density at radius 2 is 1.86 bits per heavy atom. The summed E-state index contributed by atoms with van der Waals surface area (Å²) in [6.45, 7) is 7.83. The molecule has 1 aliphatic heterocycles. The Balaban J connectivity index is 1.72. The van der Waals surface area contributed by atoms with Gasteiger partial charge in [-0.3, -0.25) is 4.90 Å². The Bertz CT molecular complexity index is 457. The largest absolute Gasteiger partial charge is 0.329 e. The molecule has 1 atom stereocenters. The Hall–Kier alpha value is -0.860. The summed E-state index contributed by atoms with van der Waals surface area (Å²) in [7, 11) is 0. The summed E-state index contributed by atoms with van der Waals surface area (Å²) in [5, 5.41) is 0. The van der Waals surface area contributed by atoms with Crippen molar-refractivity contribution in [1.29, 1.82) is 0 Å². The van der Waals surface area contributed by atoms with Crippen LogP contribution < -0.4 is 5.73 Å². The summed E-state index contributed by atoms with van der Waals surface area (Å²) in [4.78, 5) is 2.62. The fourth-order valence-electron chi connectivity index (χ4n) is 3.97. The molecule has 2 nitrogen and oxygen atoms in total. The molecule has 2 N–H and O–H groups in total. The fourth-order valence-corrected chi connectivity index (χ4v) is 3.97. The highest BCUT2D eigenvalue weighted by atomic mass is 15.2. The molecule has 0 radical (unpaired) electrons. The molecule has 0 spiro atoms. The summed E-state index contributed by atoms with van der Waals surface area (Å²) in [5.41, 5.74) is 9.58. The highest BCUT2D eigenvalue weighted by molar-refractivity contribution is 5.30. The summed E-state index contributed by atoms with van der Waals surface area (Å²) in [5.74, 6) is 0.843. The normalized spacial score (nSPS) is 23.4. The van der Waals surface area contributed by atoms with Gasteiger partial charge in [0.1, 0.15) is 0 Å². The lowest BCUT2D eigenvalue weighted by molar-refractivity contribution is 0.197. The molecule has 1 heterocycles. The lowest BCUT2D eigenvalue weighted by atomic mass is 9.82. The molecule has 21 heavy (non-hydrogen) atoms. The molecule has 116 valence electrons. The van der Waals surface area contributed by atoms with Crippen LogP contribution in [0, 0.1) is 5.41 Å². The number of rotatable bonds is 6. The van der Waals surface area contributed by atoms with E-state index < -0.39 is 0 Å². The first kappa shape index (κ1) is 15.1.